The number of fused-ring (bicyclic) bond motifs is 1. The molecule has 1 unspecified atom stereocenters. The van der Waals surface area contributed by atoms with Crippen LogP contribution in [0.25, 0.3) is 11.1 Å². The summed E-state index contributed by atoms with van der Waals surface area (Å²) in [5.41, 5.74) is 8.62. The number of nitrogens with zero attached hydrogens (tertiary/aromatic N) is 3. The summed E-state index contributed by atoms with van der Waals surface area (Å²) in [6, 6.07) is 15.6. The van der Waals surface area contributed by atoms with Gasteiger partial charge in [0.25, 0.3) is 5.91 Å². The number of hydrogen-bond donors (Lipinski definition) is 1. The van der Waals surface area contributed by atoms with Crippen LogP contribution >= 0.6 is 34.8 Å². The van der Waals surface area contributed by atoms with E-state index in [9.17, 15) is 14.4 Å². The molecule has 5 rings (SSSR count). The molecule has 1 fully saturated rings. The maximum absolute atomic E-state index is 13.8. The average Bonchev–Trinajstić information content (AvgIpc) is 2.98. The van der Waals surface area contributed by atoms with Crippen LogP contribution in [0.15, 0.2) is 54.6 Å². The highest BCUT2D eigenvalue weighted by molar-refractivity contribution is 6.42. The van der Waals surface area contributed by atoms with Crippen molar-refractivity contribution in [3.63, 3.8) is 0 Å². The monoisotopic (exact) mass is 630 g/mol. The fraction of sp³-hybridized carbons (Fsp3) is 0.300. The molecule has 2 N–H and O–H groups in total. The van der Waals surface area contributed by atoms with E-state index >= 15 is 0 Å². The molecule has 3 aromatic rings. The van der Waals surface area contributed by atoms with Crippen LogP contribution in [0.1, 0.15) is 22.0 Å². The molecule has 1 saturated heterocycles. The Bertz CT molecular complexity index is 1530. The van der Waals surface area contributed by atoms with Gasteiger partial charge in [0.05, 0.1) is 45.6 Å². The molecular weight excluding hydrogens is 603 g/mol. The van der Waals surface area contributed by atoms with Crippen molar-refractivity contribution < 1.29 is 23.9 Å². The number of carbonyl (C=O) groups excluding carboxylic acids is 3. The van der Waals surface area contributed by atoms with Crippen molar-refractivity contribution >= 4 is 58.2 Å². The lowest BCUT2D eigenvalue weighted by molar-refractivity contribution is -0.133. The summed E-state index contributed by atoms with van der Waals surface area (Å²) in [6.45, 7) is 2.83. The van der Waals surface area contributed by atoms with Crippen LogP contribution in [-0.4, -0.2) is 80.6 Å². The average molecular weight is 632 g/mol. The topological polar surface area (TPSA) is 105 Å². The highest BCUT2D eigenvalue weighted by atomic mass is 35.5. The van der Waals surface area contributed by atoms with E-state index in [0.717, 1.165) is 29.8 Å². The number of halogens is 3. The number of primary amides is 1. The molecule has 42 heavy (non-hydrogen) atoms. The van der Waals surface area contributed by atoms with Gasteiger partial charge >= 0.3 is 0 Å². The molecule has 220 valence electrons. The minimum absolute atomic E-state index is 0.201. The van der Waals surface area contributed by atoms with E-state index in [1.807, 2.05) is 24.3 Å². The zero-order chi connectivity index (χ0) is 30.0. The van der Waals surface area contributed by atoms with Crippen molar-refractivity contribution in [1.29, 1.82) is 0 Å². The Morgan fingerprint density at radius 3 is 2.40 bits per heavy atom. The quantitative estimate of drug-likeness (QED) is 0.388. The highest BCUT2D eigenvalue weighted by Gasteiger charge is 2.32. The van der Waals surface area contributed by atoms with Crippen LogP contribution in [0.3, 0.4) is 0 Å². The number of rotatable bonds is 8. The summed E-state index contributed by atoms with van der Waals surface area (Å²) >= 11 is 18.7. The first-order valence-corrected chi connectivity index (χ1v) is 14.4. The third-order valence-electron chi connectivity index (χ3n) is 7.47. The normalized spacial score (nSPS) is 16.0. The number of carbonyl (C=O) groups is 3. The van der Waals surface area contributed by atoms with E-state index in [2.05, 4.69) is 4.90 Å². The van der Waals surface area contributed by atoms with Crippen molar-refractivity contribution in [2.45, 2.75) is 6.04 Å². The van der Waals surface area contributed by atoms with E-state index in [1.165, 1.54) is 11.0 Å². The largest absolute Gasteiger partial charge is 0.482 e. The van der Waals surface area contributed by atoms with E-state index < -0.39 is 5.91 Å². The molecular formula is C30H29Cl3N4O5. The van der Waals surface area contributed by atoms with Crippen LogP contribution in [0, 0.1) is 0 Å². The molecule has 1 atom stereocenters. The van der Waals surface area contributed by atoms with Crippen LogP contribution in [-0.2, 0) is 14.3 Å². The van der Waals surface area contributed by atoms with Gasteiger partial charge in [-0.2, -0.15) is 0 Å². The number of anilines is 1. The Kier molecular flexibility index (Phi) is 9.25. The van der Waals surface area contributed by atoms with Crippen LogP contribution < -0.4 is 15.4 Å². The fourth-order valence-electron chi connectivity index (χ4n) is 5.09. The molecule has 0 radical (unpaired) electrons. The van der Waals surface area contributed by atoms with E-state index in [4.69, 9.17) is 50.0 Å². The number of likely N-dealkylation sites (N-methyl/N-ethyl adjacent to an activating group) is 1. The summed E-state index contributed by atoms with van der Waals surface area (Å²) < 4.78 is 11.1. The van der Waals surface area contributed by atoms with Crippen LogP contribution in [0.5, 0.6) is 5.75 Å². The second kappa shape index (κ2) is 12.9. The molecule has 2 aliphatic heterocycles. The fourth-order valence-corrected chi connectivity index (χ4v) is 5.68. The van der Waals surface area contributed by atoms with Crippen molar-refractivity contribution in [1.82, 2.24) is 9.80 Å². The maximum Gasteiger partial charge on any atom is 0.265 e. The Labute approximate surface area is 258 Å². The predicted molar refractivity (Wildman–Crippen MR) is 162 cm³/mol. The van der Waals surface area contributed by atoms with Gasteiger partial charge in [0.1, 0.15) is 12.3 Å². The molecule has 0 spiro atoms. The van der Waals surface area contributed by atoms with Gasteiger partial charge in [-0.3, -0.25) is 24.2 Å². The molecule has 0 saturated carbocycles. The lowest BCUT2D eigenvalue weighted by atomic mass is 9.97. The van der Waals surface area contributed by atoms with Crippen molar-refractivity contribution in [2.75, 3.05) is 57.9 Å². The Morgan fingerprint density at radius 2 is 1.69 bits per heavy atom. The molecule has 3 aromatic carbocycles. The minimum atomic E-state index is -0.599. The molecule has 2 heterocycles. The van der Waals surface area contributed by atoms with Crippen LogP contribution in [0.2, 0.25) is 15.1 Å². The van der Waals surface area contributed by atoms with Gasteiger partial charge in [-0.15, -0.1) is 0 Å². The van der Waals surface area contributed by atoms with Gasteiger partial charge in [0, 0.05) is 32.7 Å². The lowest BCUT2D eigenvalue weighted by Gasteiger charge is -2.37. The third kappa shape index (κ3) is 6.50. The minimum Gasteiger partial charge on any atom is -0.482 e. The van der Waals surface area contributed by atoms with Gasteiger partial charge < -0.3 is 20.1 Å². The number of nitrogens with two attached hydrogens (primary N) is 1. The van der Waals surface area contributed by atoms with Gasteiger partial charge in [0.2, 0.25) is 11.8 Å². The molecule has 12 heteroatoms. The summed E-state index contributed by atoms with van der Waals surface area (Å²) in [5.74, 6) is -0.832. The number of hydrogen-bond acceptors (Lipinski definition) is 6. The summed E-state index contributed by atoms with van der Waals surface area (Å²) in [5, 5.41) is 0.814. The van der Waals surface area contributed by atoms with E-state index in [1.54, 1.807) is 36.2 Å². The van der Waals surface area contributed by atoms with Gasteiger partial charge in [-0.05, 0) is 41.0 Å². The molecule has 0 aromatic heterocycles. The van der Waals surface area contributed by atoms with Gasteiger partial charge in [0.15, 0.2) is 6.61 Å². The predicted octanol–water partition coefficient (Wildman–Crippen LogP) is 4.67. The van der Waals surface area contributed by atoms with Gasteiger partial charge in [-0.1, -0.05) is 59.1 Å². The van der Waals surface area contributed by atoms with Crippen molar-refractivity contribution in [2.24, 2.45) is 5.73 Å². The molecule has 0 bridgehead atoms. The van der Waals surface area contributed by atoms with Crippen molar-refractivity contribution in [3.05, 3.63) is 80.8 Å². The highest BCUT2D eigenvalue weighted by Crippen LogP contribution is 2.39. The SMILES string of the molecule is CN(C(=O)CN1C(=O)COc2cc(Cl)c(Cl)cc21)C(CN1CCOCC1)c1cccc(-c2ccc(C(N)=O)c(Cl)c2)c1. The Hall–Kier alpha value is -3.34. The Morgan fingerprint density at radius 1 is 0.976 bits per heavy atom. The van der Waals surface area contributed by atoms with Crippen molar-refractivity contribution in [3.8, 4) is 16.9 Å². The summed E-state index contributed by atoms with van der Waals surface area (Å²) in [4.78, 5) is 43.6. The standard InChI is InChI=1S/C30H29Cl3N4O5/c1-35(28(38)16-37-25-13-23(32)24(33)14-27(25)42-17-29(37)39)26(15-36-7-9-41-10-8-36)20-4-2-3-18(11-20)19-5-6-21(30(34)40)22(31)12-19/h2-6,11-14,26H,7-10,15-17H2,1H3,(H2,34,40). The molecule has 2 aliphatic rings. The smallest absolute Gasteiger partial charge is 0.265 e. The summed E-state index contributed by atoms with van der Waals surface area (Å²) in [7, 11) is 1.74. The number of ether oxygens (including phenoxy) is 2. The second-order valence-corrected chi connectivity index (χ2v) is 11.3. The van der Waals surface area contributed by atoms with E-state index in [0.29, 0.717) is 36.2 Å². The Balaban J connectivity index is 1.44. The summed E-state index contributed by atoms with van der Waals surface area (Å²) in [6.07, 6.45) is 0. The third-order valence-corrected chi connectivity index (χ3v) is 8.51. The van der Waals surface area contributed by atoms with E-state index in [-0.39, 0.29) is 46.6 Å². The second-order valence-electron chi connectivity index (χ2n) is 10.1. The van der Waals surface area contributed by atoms with Crippen LogP contribution in [0.4, 0.5) is 5.69 Å². The lowest BCUT2D eigenvalue weighted by Crippen LogP contribution is -2.48. The maximum atomic E-state index is 13.8. The first kappa shape index (κ1) is 30.1. The zero-order valence-corrected chi connectivity index (χ0v) is 25.1. The first-order valence-electron chi connectivity index (χ1n) is 13.3. The molecule has 9 nitrogen and oxygen atoms in total. The zero-order valence-electron chi connectivity index (χ0n) is 22.8. The first-order chi connectivity index (χ1) is 20.1. The number of amides is 3. The molecule has 3 amide bonds. The number of morpholine rings is 1. The van der Waals surface area contributed by atoms with Gasteiger partial charge in [-0.25, -0.2) is 0 Å². The molecule has 0 aliphatic carbocycles. The number of benzene rings is 3.